The van der Waals surface area contributed by atoms with Gasteiger partial charge in [-0.15, -0.1) is 0 Å². The van der Waals surface area contributed by atoms with Crippen molar-refractivity contribution in [2.24, 2.45) is 0 Å². The van der Waals surface area contributed by atoms with Crippen LogP contribution in [0.15, 0.2) is 51.8 Å². The Hall–Kier alpha value is -1.37. The van der Waals surface area contributed by atoms with E-state index in [1.165, 1.54) is 0 Å². The molecule has 2 aromatic rings. The number of nitrogens with one attached hydrogen (secondary N) is 2. The predicted octanol–water partition coefficient (Wildman–Crippen LogP) is 3.28. The maximum absolute atomic E-state index is 12.5. The van der Waals surface area contributed by atoms with Gasteiger partial charge in [-0.25, -0.2) is 8.42 Å². The minimum atomic E-state index is -3.63. The summed E-state index contributed by atoms with van der Waals surface area (Å²) in [7, 11) is -1.81. The zero-order valence-corrected chi connectivity index (χ0v) is 14.3. The van der Waals surface area contributed by atoms with Crippen molar-refractivity contribution in [3.8, 4) is 0 Å². The van der Waals surface area contributed by atoms with E-state index in [9.17, 15) is 8.42 Å². The number of hydrogen-bond donors (Lipinski definition) is 2. The van der Waals surface area contributed by atoms with Crippen LogP contribution in [0.3, 0.4) is 0 Å². The van der Waals surface area contributed by atoms with Gasteiger partial charge in [0, 0.05) is 16.7 Å². The topological polar surface area (TPSA) is 58.2 Å². The highest BCUT2D eigenvalue weighted by atomic mass is 79.9. The second-order valence-corrected chi connectivity index (χ2v) is 7.28. The molecule has 0 aliphatic rings. The summed E-state index contributed by atoms with van der Waals surface area (Å²) in [6.07, 6.45) is 0. The molecule has 0 aliphatic heterocycles. The van der Waals surface area contributed by atoms with Crippen LogP contribution in [0, 0.1) is 6.92 Å². The van der Waals surface area contributed by atoms with Crippen molar-refractivity contribution >= 4 is 31.6 Å². The maximum Gasteiger partial charge on any atom is 0.263 e. The Labute approximate surface area is 133 Å². The second-order valence-electron chi connectivity index (χ2n) is 4.77. The molecule has 2 rings (SSSR count). The van der Waals surface area contributed by atoms with Crippen molar-refractivity contribution in [3.05, 3.63) is 58.1 Å². The van der Waals surface area contributed by atoms with Gasteiger partial charge in [0.15, 0.2) is 0 Å². The normalized spacial score (nSPS) is 11.4. The van der Waals surface area contributed by atoms with Gasteiger partial charge >= 0.3 is 0 Å². The molecule has 0 atom stereocenters. The van der Waals surface area contributed by atoms with E-state index in [-0.39, 0.29) is 4.90 Å². The molecule has 0 heterocycles. The summed E-state index contributed by atoms with van der Waals surface area (Å²) in [5.41, 5.74) is 2.46. The average Bonchev–Trinajstić information content (AvgIpc) is 2.40. The first-order valence-electron chi connectivity index (χ1n) is 6.45. The largest absolute Gasteiger partial charge is 0.316 e. The summed E-state index contributed by atoms with van der Waals surface area (Å²) in [5, 5.41) is 3.01. The molecule has 0 fully saturated rings. The average molecular weight is 369 g/mol. The third-order valence-corrected chi connectivity index (χ3v) is 5.31. The number of halogens is 1. The van der Waals surface area contributed by atoms with Gasteiger partial charge in [0.05, 0.1) is 0 Å². The molecule has 0 saturated carbocycles. The van der Waals surface area contributed by atoms with Crippen LogP contribution in [-0.4, -0.2) is 15.5 Å². The first-order chi connectivity index (χ1) is 9.92. The molecule has 0 bridgehead atoms. The third-order valence-electron chi connectivity index (χ3n) is 2.94. The number of benzene rings is 2. The highest BCUT2D eigenvalue weighted by Gasteiger charge is 2.18. The van der Waals surface area contributed by atoms with E-state index in [0.717, 1.165) is 11.1 Å². The van der Waals surface area contributed by atoms with E-state index in [1.807, 2.05) is 32.2 Å². The number of hydrogen-bond acceptors (Lipinski definition) is 3. The lowest BCUT2D eigenvalue weighted by atomic mass is 10.2. The number of aryl methyl sites for hydroxylation is 1. The van der Waals surface area contributed by atoms with Gasteiger partial charge < -0.3 is 5.32 Å². The van der Waals surface area contributed by atoms with Crippen molar-refractivity contribution < 1.29 is 8.42 Å². The Balaban J connectivity index is 2.37. The summed E-state index contributed by atoms with van der Waals surface area (Å²) in [6, 6.07) is 12.6. The van der Waals surface area contributed by atoms with E-state index in [0.29, 0.717) is 16.7 Å². The first-order valence-corrected chi connectivity index (χ1v) is 8.72. The van der Waals surface area contributed by atoms with E-state index in [2.05, 4.69) is 26.0 Å². The Morgan fingerprint density at radius 2 is 1.90 bits per heavy atom. The van der Waals surface area contributed by atoms with Crippen LogP contribution in [0.4, 0.5) is 5.69 Å². The van der Waals surface area contributed by atoms with Crippen molar-refractivity contribution in [2.75, 3.05) is 11.8 Å². The second kappa shape index (κ2) is 6.60. The summed E-state index contributed by atoms with van der Waals surface area (Å²) < 4.78 is 28.2. The molecule has 2 aromatic carbocycles. The molecule has 0 saturated heterocycles. The lowest BCUT2D eigenvalue weighted by molar-refractivity contribution is 0.600. The fourth-order valence-electron chi connectivity index (χ4n) is 1.99. The molecule has 0 radical (unpaired) electrons. The van der Waals surface area contributed by atoms with E-state index >= 15 is 0 Å². The smallest absolute Gasteiger partial charge is 0.263 e. The van der Waals surface area contributed by atoms with E-state index in [4.69, 9.17) is 0 Å². The molecule has 0 aromatic heterocycles. The standard InChI is InChI=1S/C15H17BrN2O2S/c1-11-4-3-5-13(8-11)18-21(19,20)15-9-12(10-17-2)6-7-14(15)16/h3-9,17-18H,10H2,1-2H3. The zero-order chi connectivity index (χ0) is 15.5. The van der Waals surface area contributed by atoms with Gasteiger partial charge in [-0.1, -0.05) is 18.2 Å². The van der Waals surface area contributed by atoms with Crippen LogP contribution >= 0.6 is 15.9 Å². The van der Waals surface area contributed by atoms with Gasteiger partial charge in [-0.05, 0) is 65.3 Å². The summed E-state index contributed by atoms with van der Waals surface area (Å²) in [6.45, 7) is 2.53. The van der Waals surface area contributed by atoms with Crippen LogP contribution in [0.2, 0.25) is 0 Å². The molecule has 21 heavy (non-hydrogen) atoms. The fourth-order valence-corrected chi connectivity index (χ4v) is 4.05. The summed E-state index contributed by atoms with van der Waals surface area (Å²) in [5.74, 6) is 0. The van der Waals surface area contributed by atoms with Crippen LogP contribution in [0.1, 0.15) is 11.1 Å². The molecule has 0 amide bonds. The SMILES string of the molecule is CNCc1ccc(Br)c(S(=O)(=O)Nc2cccc(C)c2)c1. The van der Waals surface area contributed by atoms with Crippen LogP contribution in [0.5, 0.6) is 0 Å². The molecule has 112 valence electrons. The highest BCUT2D eigenvalue weighted by molar-refractivity contribution is 9.10. The Kier molecular flexibility index (Phi) is 5.03. The van der Waals surface area contributed by atoms with Gasteiger partial charge in [0.25, 0.3) is 10.0 Å². The minimum Gasteiger partial charge on any atom is -0.316 e. The Morgan fingerprint density at radius 1 is 1.14 bits per heavy atom. The van der Waals surface area contributed by atoms with Crippen molar-refractivity contribution in [1.29, 1.82) is 0 Å². The van der Waals surface area contributed by atoms with Crippen LogP contribution in [-0.2, 0) is 16.6 Å². The minimum absolute atomic E-state index is 0.233. The molecule has 0 aliphatic carbocycles. The maximum atomic E-state index is 12.5. The summed E-state index contributed by atoms with van der Waals surface area (Å²) >= 11 is 3.31. The number of sulfonamides is 1. The highest BCUT2D eigenvalue weighted by Crippen LogP contribution is 2.25. The molecule has 6 heteroatoms. The van der Waals surface area contributed by atoms with Gasteiger partial charge in [0.2, 0.25) is 0 Å². The Bertz CT molecular complexity index is 745. The fraction of sp³-hybridized carbons (Fsp3) is 0.200. The van der Waals surface area contributed by atoms with Crippen LogP contribution < -0.4 is 10.0 Å². The van der Waals surface area contributed by atoms with Gasteiger partial charge in [-0.3, -0.25) is 4.72 Å². The zero-order valence-electron chi connectivity index (χ0n) is 11.9. The lowest BCUT2D eigenvalue weighted by Gasteiger charge is -2.11. The molecule has 0 unspecified atom stereocenters. The first kappa shape index (κ1) is 16.0. The number of anilines is 1. The van der Waals surface area contributed by atoms with Crippen molar-refractivity contribution in [2.45, 2.75) is 18.4 Å². The van der Waals surface area contributed by atoms with Crippen molar-refractivity contribution in [1.82, 2.24) is 5.32 Å². The molecular weight excluding hydrogens is 352 g/mol. The van der Waals surface area contributed by atoms with Crippen molar-refractivity contribution in [3.63, 3.8) is 0 Å². The monoisotopic (exact) mass is 368 g/mol. The van der Waals surface area contributed by atoms with E-state index in [1.54, 1.807) is 24.3 Å². The van der Waals surface area contributed by atoms with Gasteiger partial charge in [0.1, 0.15) is 4.90 Å². The number of rotatable bonds is 5. The quantitative estimate of drug-likeness (QED) is 0.851. The van der Waals surface area contributed by atoms with E-state index < -0.39 is 10.0 Å². The van der Waals surface area contributed by atoms with Crippen LogP contribution in [0.25, 0.3) is 0 Å². The van der Waals surface area contributed by atoms with Gasteiger partial charge in [-0.2, -0.15) is 0 Å². The third kappa shape index (κ3) is 4.06. The molecule has 2 N–H and O–H groups in total. The molecule has 0 spiro atoms. The molecular formula is C15H17BrN2O2S. The lowest BCUT2D eigenvalue weighted by Crippen LogP contribution is -2.14. The predicted molar refractivity (Wildman–Crippen MR) is 88.9 cm³/mol. The Morgan fingerprint density at radius 3 is 2.57 bits per heavy atom. The summed E-state index contributed by atoms with van der Waals surface area (Å²) in [4.78, 5) is 0.233. The molecule has 4 nitrogen and oxygen atoms in total.